The summed E-state index contributed by atoms with van der Waals surface area (Å²) in [6.07, 6.45) is 0.450. The fraction of sp³-hybridized carbons (Fsp3) is 0.391. The number of halogens is 1. The molecule has 0 bridgehead atoms. The first-order valence-corrected chi connectivity index (χ1v) is 12.6. The van der Waals surface area contributed by atoms with Crippen molar-refractivity contribution in [2.75, 3.05) is 43.9 Å². The van der Waals surface area contributed by atoms with Crippen molar-refractivity contribution in [2.45, 2.75) is 25.2 Å². The summed E-state index contributed by atoms with van der Waals surface area (Å²) in [4.78, 5) is 23.2. The fourth-order valence-corrected chi connectivity index (χ4v) is 5.30. The molecule has 166 valence electrons. The highest BCUT2D eigenvalue weighted by molar-refractivity contribution is 7.99. The van der Waals surface area contributed by atoms with Gasteiger partial charge in [0.2, 0.25) is 5.91 Å². The minimum Gasteiger partial charge on any atom is -0.497 e. The second kappa shape index (κ2) is 11.7. The second-order valence-corrected chi connectivity index (χ2v) is 9.57. The van der Waals surface area contributed by atoms with Crippen molar-refractivity contribution in [3.63, 3.8) is 0 Å². The summed E-state index contributed by atoms with van der Waals surface area (Å²) >= 11 is 9.33. The molecule has 0 spiro atoms. The Bertz CT molecular complexity index is 990. The van der Waals surface area contributed by atoms with Gasteiger partial charge in [-0.2, -0.15) is 0 Å². The molecular weight excluding hydrogens is 450 g/mol. The fourth-order valence-electron chi connectivity index (χ4n) is 3.17. The monoisotopic (exact) mass is 477 g/mol. The van der Waals surface area contributed by atoms with Gasteiger partial charge < -0.3 is 9.64 Å². The minimum absolute atomic E-state index is 0.0957. The number of rotatable bonds is 11. The number of fused-ring (bicyclic) bond motifs is 1. The van der Waals surface area contributed by atoms with Crippen molar-refractivity contribution in [1.82, 2.24) is 9.88 Å². The highest BCUT2D eigenvalue weighted by Gasteiger charge is 2.20. The van der Waals surface area contributed by atoms with E-state index in [1.165, 1.54) is 11.3 Å². The van der Waals surface area contributed by atoms with E-state index in [0.29, 0.717) is 23.7 Å². The van der Waals surface area contributed by atoms with Gasteiger partial charge in [0.25, 0.3) is 0 Å². The first kappa shape index (κ1) is 23.9. The van der Waals surface area contributed by atoms with E-state index in [2.05, 4.69) is 18.7 Å². The first-order chi connectivity index (χ1) is 15.0. The lowest BCUT2D eigenvalue weighted by molar-refractivity contribution is -0.118. The van der Waals surface area contributed by atoms with Crippen LogP contribution in [0.15, 0.2) is 47.4 Å². The van der Waals surface area contributed by atoms with Crippen LogP contribution in [0.5, 0.6) is 5.75 Å². The average molecular weight is 478 g/mol. The number of nitrogens with zero attached hydrogens (tertiary/aromatic N) is 3. The second-order valence-electron chi connectivity index (χ2n) is 6.95. The van der Waals surface area contributed by atoms with Crippen molar-refractivity contribution >= 4 is 56.0 Å². The van der Waals surface area contributed by atoms with E-state index in [0.717, 1.165) is 45.6 Å². The van der Waals surface area contributed by atoms with Crippen LogP contribution in [0, 0.1) is 0 Å². The average Bonchev–Trinajstić information content (AvgIpc) is 3.19. The van der Waals surface area contributed by atoms with Gasteiger partial charge in [-0.1, -0.05) is 36.8 Å². The molecule has 0 radical (unpaired) electrons. The summed E-state index contributed by atoms with van der Waals surface area (Å²) in [7, 11) is 1.66. The van der Waals surface area contributed by atoms with E-state index >= 15 is 0 Å². The number of methoxy groups -OCH3 is 1. The molecule has 0 aliphatic rings. The molecule has 3 aromatic rings. The smallest absolute Gasteiger partial charge is 0.229 e. The number of carbonyl (C=O) groups excluding carboxylic acids is 1. The lowest BCUT2D eigenvalue weighted by Gasteiger charge is -2.24. The zero-order chi connectivity index (χ0) is 22.2. The Morgan fingerprint density at radius 1 is 1.13 bits per heavy atom. The van der Waals surface area contributed by atoms with Crippen LogP contribution < -0.4 is 9.64 Å². The van der Waals surface area contributed by atoms with Gasteiger partial charge in [0.1, 0.15) is 5.75 Å². The number of thioether (sulfide) groups is 1. The van der Waals surface area contributed by atoms with E-state index in [1.807, 2.05) is 47.4 Å². The standard InChI is InChI=1S/C23H28ClN3O2S2/c1-4-26(5-2)13-14-27(23-25-20-11-6-17(24)16-21(20)31-23)22(28)12-15-30-19-9-7-18(29-3)8-10-19/h6-11,16H,4-5,12-15H2,1-3H3. The number of aromatic nitrogens is 1. The van der Waals surface area contributed by atoms with Crippen LogP contribution in [0.4, 0.5) is 5.13 Å². The van der Waals surface area contributed by atoms with Crippen LogP contribution in [0.3, 0.4) is 0 Å². The van der Waals surface area contributed by atoms with Gasteiger partial charge in [-0.3, -0.25) is 9.69 Å². The molecular formula is C23H28ClN3O2S2. The number of carbonyl (C=O) groups is 1. The van der Waals surface area contributed by atoms with E-state index in [4.69, 9.17) is 21.3 Å². The van der Waals surface area contributed by atoms with Crippen LogP contribution in [-0.2, 0) is 4.79 Å². The van der Waals surface area contributed by atoms with Crippen LogP contribution in [-0.4, -0.2) is 54.8 Å². The molecule has 1 heterocycles. The molecule has 0 N–H and O–H groups in total. The Labute approximate surface area is 197 Å². The number of thiazole rings is 1. The van der Waals surface area contributed by atoms with Crippen LogP contribution in [0.25, 0.3) is 10.2 Å². The molecule has 0 fully saturated rings. The van der Waals surface area contributed by atoms with Gasteiger partial charge in [-0.15, -0.1) is 11.8 Å². The molecule has 1 aromatic heterocycles. The third kappa shape index (κ3) is 6.59. The molecule has 3 rings (SSSR count). The Balaban J connectivity index is 1.70. The zero-order valence-electron chi connectivity index (χ0n) is 18.1. The van der Waals surface area contributed by atoms with E-state index in [1.54, 1.807) is 18.9 Å². The third-order valence-corrected chi connectivity index (χ3v) is 7.34. The molecule has 0 saturated carbocycles. The van der Waals surface area contributed by atoms with Crippen molar-refractivity contribution in [2.24, 2.45) is 0 Å². The van der Waals surface area contributed by atoms with Crippen molar-refractivity contribution in [1.29, 1.82) is 0 Å². The lowest BCUT2D eigenvalue weighted by Crippen LogP contribution is -2.39. The number of amides is 1. The molecule has 5 nitrogen and oxygen atoms in total. The normalized spacial score (nSPS) is 11.3. The Morgan fingerprint density at radius 2 is 1.87 bits per heavy atom. The molecule has 0 aliphatic carbocycles. The molecule has 0 aliphatic heterocycles. The molecule has 31 heavy (non-hydrogen) atoms. The highest BCUT2D eigenvalue weighted by Crippen LogP contribution is 2.31. The van der Waals surface area contributed by atoms with Crippen LogP contribution >= 0.6 is 34.7 Å². The van der Waals surface area contributed by atoms with Crippen molar-refractivity contribution in [3.05, 3.63) is 47.5 Å². The molecule has 0 unspecified atom stereocenters. The topological polar surface area (TPSA) is 45.7 Å². The third-order valence-electron chi connectivity index (χ3n) is 5.05. The predicted octanol–water partition coefficient (Wildman–Crippen LogP) is 5.82. The Hall–Kier alpha value is -1.80. The maximum absolute atomic E-state index is 13.2. The quantitative estimate of drug-likeness (QED) is 0.326. The molecule has 2 aromatic carbocycles. The van der Waals surface area contributed by atoms with Gasteiger partial charge in [0, 0.05) is 35.2 Å². The molecule has 1 amide bonds. The SMILES string of the molecule is CCN(CC)CCN(C(=O)CCSc1ccc(OC)cc1)c1nc2ccc(Cl)cc2s1. The van der Waals surface area contributed by atoms with E-state index < -0.39 is 0 Å². The highest BCUT2D eigenvalue weighted by atomic mass is 35.5. The zero-order valence-corrected chi connectivity index (χ0v) is 20.5. The van der Waals surface area contributed by atoms with Gasteiger partial charge in [0.15, 0.2) is 5.13 Å². The largest absolute Gasteiger partial charge is 0.497 e. The Morgan fingerprint density at radius 3 is 2.55 bits per heavy atom. The van der Waals surface area contributed by atoms with Gasteiger partial charge in [-0.25, -0.2) is 4.98 Å². The summed E-state index contributed by atoms with van der Waals surface area (Å²) in [5, 5.41) is 1.42. The van der Waals surface area contributed by atoms with Crippen LogP contribution in [0.1, 0.15) is 20.3 Å². The Kier molecular flexibility index (Phi) is 9.02. The van der Waals surface area contributed by atoms with Gasteiger partial charge >= 0.3 is 0 Å². The molecule has 0 saturated heterocycles. The summed E-state index contributed by atoms with van der Waals surface area (Å²) < 4.78 is 6.20. The number of hydrogen-bond acceptors (Lipinski definition) is 6. The van der Waals surface area contributed by atoms with E-state index in [-0.39, 0.29) is 5.91 Å². The summed E-state index contributed by atoms with van der Waals surface area (Å²) in [5.41, 5.74) is 0.873. The number of anilines is 1. The summed E-state index contributed by atoms with van der Waals surface area (Å²) in [6.45, 7) is 7.65. The predicted molar refractivity (Wildman–Crippen MR) is 133 cm³/mol. The molecule has 0 atom stereocenters. The number of ether oxygens (including phenoxy) is 1. The number of likely N-dealkylation sites (N-methyl/N-ethyl adjacent to an activating group) is 1. The van der Waals surface area contributed by atoms with Crippen molar-refractivity contribution < 1.29 is 9.53 Å². The molecule has 8 heteroatoms. The summed E-state index contributed by atoms with van der Waals surface area (Å²) in [6, 6.07) is 13.6. The van der Waals surface area contributed by atoms with E-state index in [9.17, 15) is 4.79 Å². The maximum atomic E-state index is 13.2. The number of benzene rings is 2. The first-order valence-electron chi connectivity index (χ1n) is 10.4. The van der Waals surface area contributed by atoms with Crippen LogP contribution in [0.2, 0.25) is 5.02 Å². The summed E-state index contributed by atoms with van der Waals surface area (Å²) in [5.74, 6) is 1.64. The number of hydrogen-bond donors (Lipinski definition) is 0. The minimum atomic E-state index is 0.0957. The van der Waals surface area contributed by atoms with Gasteiger partial charge in [-0.05, 0) is 55.6 Å². The van der Waals surface area contributed by atoms with Gasteiger partial charge in [0.05, 0.1) is 17.3 Å². The lowest BCUT2D eigenvalue weighted by atomic mass is 10.3. The maximum Gasteiger partial charge on any atom is 0.229 e. The van der Waals surface area contributed by atoms with Crippen molar-refractivity contribution in [3.8, 4) is 5.75 Å².